The van der Waals surface area contributed by atoms with Gasteiger partial charge in [0.1, 0.15) is 17.3 Å². The van der Waals surface area contributed by atoms with Crippen LogP contribution in [0.3, 0.4) is 0 Å². The number of hydrogen-bond donors (Lipinski definition) is 1. The van der Waals surface area contributed by atoms with Crippen LogP contribution in [0.5, 0.6) is 11.5 Å². The van der Waals surface area contributed by atoms with Crippen LogP contribution in [0.2, 0.25) is 0 Å². The highest BCUT2D eigenvalue weighted by Gasteiger charge is 2.30. The zero-order valence-corrected chi connectivity index (χ0v) is 17.4. The molecule has 2 aliphatic heterocycles. The maximum Gasteiger partial charge on any atom is 0.193 e. The van der Waals surface area contributed by atoms with Gasteiger partial charge in [-0.2, -0.15) is 0 Å². The molecule has 2 saturated heterocycles. The lowest BCUT2D eigenvalue weighted by atomic mass is 10.2. The molecule has 2 aromatic rings. The lowest BCUT2D eigenvalue weighted by Crippen LogP contribution is -2.46. The summed E-state index contributed by atoms with van der Waals surface area (Å²) in [7, 11) is 1.84. The quantitative estimate of drug-likeness (QED) is 0.604. The molecule has 6 nitrogen and oxygen atoms in total. The van der Waals surface area contributed by atoms with Crippen molar-refractivity contribution in [3.05, 3.63) is 59.9 Å². The summed E-state index contributed by atoms with van der Waals surface area (Å²) in [5, 5.41) is 3.48. The van der Waals surface area contributed by atoms with E-state index in [0.29, 0.717) is 18.3 Å². The summed E-state index contributed by atoms with van der Waals surface area (Å²) in [5.41, 5.74) is 1.14. The van der Waals surface area contributed by atoms with Crippen LogP contribution in [0.25, 0.3) is 0 Å². The third-order valence-corrected chi connectivity index (χ3v) is 5.66. The van der Waals surface area contributed by atoms with Crippen LogP contribution in [0.4, 0.5) is 4.39 Å². The van der Waals surface area contributed by atoms with E-state index in [-0.39, 0.29) is 5.82 Å². The first-order valence-corrected chi connectivity index (χ1v) is 10.5. The molecular formula is C23H29FN4O2. The zero-order chi connectivity index (χ0) is 20.8. The van der Waals surface area contributed by atoms with E-state index in [1.54, 1.807) is 12.1 Å². The Balaban J connectivity index is 1.27. The minimum Gasteiger partial charge on any atom is -0.457 e. The lowest BCUT2D eigenvalue weighted by molar-refractivity contribution is 0.0195. The molecule has 30 heavy (non-hydrogen) atoms. The molecule has 0 saturated carbocycles. The van der Waals surface area contributed by atoms with Gasteiger partial charge in [0.05, 0.1) is 13.2 Å². The monoisotopic (exact) mass is 412 g/mol. The van der Waals surface area contributed by atoms with Gasteiger partial charge in [-0.3, -0.25) is 9.89 Å². The van der Waals surface area contributed by atoms with Gasteiger partial charge in [-0.25, -0.2) is 4.39 Å². The highest BCUT2D eigenvalue weighted by molar-refractivity contribution is 5.80. The molecule has 0 spiro atoms. The van der Waals surface area contributed by atoms with Gasteiger partial charge in [-0.05, 0) is 48.4 Å². The van der Waals surface area contributed by atoms with Gasteiger partial charge in [-0.15, -0.1) is 0 Å². The fraction of sp³-hybridized carbons (Fsp3) is 0.435. The summed E-state index contributed by atoms with van der Waals surface area (Å²) in [6, 6.07) is 14.5. The number of halogens is 1. The first kappa shape index (κ1) is 20.6. The number of ether oxygens (including phenoxy) is 2. The van der Waals surface area contributed by atoms with Gasteiger partial charge >= 0.3 is 0 Å². The van der Waals surface area contributed by atoms with Gasteiger partial charge in [0, 0.05) is 45.8 Å². The fourth-order valence-corrected chi connectivity index (χ4v) is 4.00. The van der Waals surface area contributed by atoms with Crippen molar-refractivity contribution in [1.29, 1.82) is 0 Å². The second-order valence-electron chi connectivity index (χ2n) is 7.64. The number of aliphatic imine (C=N–C) groups is 1. The number of nitrogens with one attached hydrogen (secondary N) is 1. The summed E-state index contributed by atoms with van der Waals surface area (Å²) in [5.74, 6) is 2.01. The molecule has 0 aliphatic carbocycles. The predicted molar refractivity (Wildman–Crippen MR) is 115 cm³/mol. The summed E-state index contributed by atoms with van der Waals surface area (Å²) < 4.78 is 24.2. The Labute approximate surface area is 177 Å². The first-order chi connectivity index (χ1) is 14.7. The van der Waals surface area contributed by atoms with E-state index in [9.17, 15) is 4.39 Å². The molecule has 0 amide bonds. The summed E-state index contributed by atoms with van der Waals surface area (Å²) in [6.07, 6.45) is 1.16. The van der Waals surface area contributed by atoms with Crippen LogP contribution in [-0.4, -0.2) is 68.2 Å². The number of likely N-dealkylation sites (tertiary alicyclic amines) is 1. The average molecular weight is 413 g/mol. The Morgan fingerprint density at radius 2 is 1.73 bits per heavy atom. The molecule has 2 heterocycles. The molecule has 2 aliphatic rings. The third-order valence-electron chi connectivity index (χ3n) is 5.66. The predicted octanol–water partition coefficient (Wildman–Crippen LogP) is 3.10. The normalized spacial score (nSPS) is 20.4. The third kappa shape index (κ3) is 5.29. The summed E-state index contributed by atoms with van der Waals surface area (Å²) in [6.45, 7) is 6.45. The van der Waals surface area contributed by atoms with Crippen LogP contribution in [0.1, 0.15) is 12.0 Å². The number of nitrogens with zero attached hydrogens (tertiary/aromatic N) is 3. The molecule has 2 fully saturated rings. The lowest BCUT2D eigenvalue weighted by Gasteiger charge is -2.32. The molecule has 4 rings (SSSR count). The molecule has 0 bridgehead atoms. The summed E-state index contributed by atoms with van der Waals surface area (Å²) in [4.78, 5) is 9.36. The second-order valence-corrected chi connectivity index (χ2v) is 7.64. The number of rotatable bonds is 5. The van der Waals surface area contributed by atoms with Crippen molar-refractivity contribution >= 4 is 5.96 Å². The number of morpholine rings is 1. The van der Waals surface area contributed by atoms with E-state index in [1.807, 2.05) is 31.3 Å². The fourth-order valence-electron chi connectivity index (χ4n) is 4.00. The SMILES string of the molecule is CN=C(NCc1ccc(Oc2ccc(F)cc2)cc1)N1CCC(N2CCOCC2)C1. The second kappa shape index (κ2) is 9.91. The maximum atomic E-state index is 13.0. The Morgan fingerprint density at radius 1 is 1.07 bits per heavy atom. The van der Waals surface area contributed by atoms with E-state index in [1.165, 1.54) is 12.1 Å². The van der Waals surface area contributed by atoms with Crippen LogP contribution in [-0.2, 0) is 11.3 Å². The minimum atomic E-state index is -0.272. The smallest absolute Gasteiger partial charge is 0.193 e. The maximum absolute atomic E-state index is 13.0. The van der Waals surface area contributed by atoms with E-state index >= 15 is 0 Å². The highest BCUT2D eigenvalue weighted by atomic mass is 19.1. The van der Waals surface area contributed by atoms with Gasteiger partial charge in [0.25, 0.3) is 0 Å². The van der Waals surface area contributed by atoms with Crippen LogP contribution < -0.4 is 10.1 Å². The number of guanidine groups is 1. The summed E-state index contributed by atoms with van der Waals surface area (Å²) >= 11 is 0. The number of benzene rings is 2. The first-order valence-electron chi connectivity index (χ1n) is 10.5. The molecule has 1 N–H and O–H groups in total. The van der Waals surface area contributed by atoms with E-state index in [0.717, 1.165) is 63.1 Å². The zero-order valence-electron chi connectivity index (χ0n) is 17.4. The van der Waals surface area contributed by atoms with Crippen molar-refractivity contribution in [2.75, 3.05) is 46.4 Å². The molecule has 2 aromatic carbocycles. The van der Waals surface area contributed by atoms with Gasteiger partial charge in [0.2, 0.25) is 0 Å². The molecule has 0 radical (unpaired) electrons. The highest BCUT2D eigenvalue weighted by Crippen LogP contribution is 2.22. The van der Waals surface area contributed by atoms with Crippen LogP contribution in [0.15, 0.2) is 53.5 Å². The van der Waals surface area contributed by atoms with Crippen LogP contribution in [0, 0.1) is 5.82 Å². The van der Waals surface area contributed by atoms with Crippen molar-refractivity contribution < 1.29 is 13.9 Å². The largest absolute Gasteiger partial charge is 0.457 e. The Morgan fingerprint density at radius 3 is 2.40 bits per heavy atom. The van der Waals surface area contributed by atoms with Gasteiger partial charge in [-0.1, -0.05) is 12.1 Å². The Bertz CT molecular complexity index is 835. The Hall–Kier alpha value is -2.64. The van der Waals surface area contributed by atoms with E-state index in [2.05, 4.69) is 20.1 Å². The van der Waals surface area contributed by atoms with E-state index < -0.39 is 0 Å². The van der Waals surface area contributed by atoms with Crippen LogP contribution >= 0.6 is 0 Å². The molecule has 1 unspecified atom stereocenters. The molecule has 0 aromatic heterocycles. The molecule has 1 atom stereocenters. The number of hydrogen-bond acceptors (Lipinski definition) is 4. The minimum absolute atomic E-state index is 0.272. The molecular weight excluding hydrogens is 383 g/mol. The average Bonchev–Trinajstić information content (AvgIpc) is 3.28. The van der Waals surface area contributed by atoms with Gasteiger partial charge in [0.15, 0.2) is 5.96 Å². The Kier molecular flexibility index (Phi) is 6.81. The van der Waals surface area contributed by atoms with Crippen molar-refractivity contribution in [1.82, 2.24) is 15.1 Å². The molecule has 160 valence electrons. The van der Waals surface area contributed by atoms with Crippen molar-refractivity contribution in [2.45, 2.75) is 19.0 Å². The topological polar surface area (TPSA) is 49.3 Å². The van der Waals surface area contributed by atoms with Crippen molar-refractivity contribution in [3.63, 3.8) is 0 Å². The van der Waals surface area contributed by atoms with Crippen molar-refractivity contribution in [2.24, 2.45) is 4.99 Å². The molecule has 7 heteroatoms. The van der Waals surface area contributed by atoms with Crippen molar-refractivity contribution in [3.8, 4) is 11.5 Å². The van der Waals surface area contributed by atoms with E-state index in [4.69, 9.17) is 9.47 Å². The van der Waals surface area contributed by atoms with Gasteiger partial charge < -0.3 is 19.7 Å². The standard InChI is InChI=1S/C23H29FN4O2/c1-25-23(28-11-10-20(17-28)27-12-14-29-15-13-27)26-16-18-2-6-21(7-3-18)30-22-8-4-19(24)5-9-22/h2-9,20H,10-17H2,1H3,(H,25,26).